The number of unbranched alkanes of at least 4 members (excludes halogenated alkanes) is 38. The van der Waals surface area contributed by atoms with Crippen molar-refractivity contribution in [3.8, 4) is 0 Å². The van der Waals surface area contributed by atoms with E-state index in [0.717, 1.165) is 51.4 Å². The molecule has 9 nitrogen and oxygen atoms in total. The van der Waals surface area contributed by atoms with Gasteiger partial charge in [0.25, 0.3) is 0 Å². The molecule has 1 amide bonds. The molecule has 6 N–H and O–H groups in total. The zero-order valence-electron chi connectivity index (χ0n) is 45.8. The Kier molecular flexibility index (Phi) is 48.3. The first-order valence-corrected chi connectivity index (χ1v) is 30.2. The Balaban J connectivity index is 2.15. The van der Waals surface area contributed by atoms with Crippen LogP contribution < -0.4 is 5.32 Å². The molecule has 0 saturated carbocycles. The number of ether oxygens (including phenoxy) is 2. The minimum atomic E-state index is -1.57. The van der Waals surface area contributed by atoms with Gasteiger partial charge in [0, 0.05) is 6.42 Å². The van der Waals surface area contributed by atoms with Gasteiger partial charge in [-0.05, 0) is 44.9 Å². The molecule has 1 heterocycles. The van der Waals surface area contributed by atoms with Gasteiger partial charge < -0.3 is 40.3 Å². The van der Waals surface area contributed by atoms with Gasteiger partial charge >= 0.3 is 0 Å². The number of hydrogen-bond acceptors (Lipinski definition) is 8. The quantitative estimate of drug-likeness (QED) is 0.0261. The smallest absolute Gasteiger partial charge is 0.220 e. The van der Waals surface area contributed by atoms with E-state index in [-0.39, 0.29) is 12.5 Å². The van der Waals surface area contributed by atoms with Gasteiger partial charge in [-0.1, -0.05) is 275 Å². The molecule has 9 heteroatoms. The summed E-state index contributed by atoms with van der Waals surface area (Å²) in [6, 6.07) is -0.826. The second-order valence-corrected chi connectivity index (χ2v) is 21.1. The molecule has 1 aliphatic rings. The van der Waals surface area contributed by atoms with E-state index in [1.54, 1.807) is 6.08 Å². The van der Waals surface area contributed by atoms with Crippen LogP contribution in [0.25, 0.3) is 0 Å². The van der Waals surface area contributed by atoms with Crippen molar-refractivity contribution in [3.63, 3.8) is 0 Å². The molecular weight excluding hydrogens is 875 g/mol. The number of hydrogen-bond donors (Lipinski definition) is 6. The first kappa shape index (κ1) is 66.4. The molecule has 0 aromatic carbocycles. The molecule has 1 aliphatic heterocycles. The van der Waals surface area contributed by atoms with Crippen LogP contribution in [0, 0.1) is 0 Å². The molecule has 0 aromatic rings. The van der Waals surface area contributed by atoms with Crippen LogP contribution >= 0.6 is 0 Å². The molecule has 7 atom stereocenters. The van der Waals surface area contributed by atoms with E-state index < -0.39 is 49.5 Å². The maximum absolute atomic E-state index is 13.0. The lowest BCUT2D eigenvalue weighted by molar-refractivity contribution is -0.302. The molecule has 0 bridgehead atoms. The van der Waals surface area contributed by atoms with Crippen LogP contribution in [0.5, 0.6) is 0 Å². The van der Waals surface area contributed by atoms with Crippen molar-refractivity contribution in [2.45, 2.75) is 333 Å². The number of carbonyl (C=O) groups is 1. The van der Waals surface area contributed by atoms with E-state index in [4.69, 9.17) is 9.47 Å². The maximum Gasteiger partial charge on any atom is 0.220 e. The largest absolute Gasteiger partial charge is 0.394 e. The number of carbonyl (C=O) groups excluding carboxylic acids is 1. The molecule has 412 valence electrons. The Morgan fingerprint density at radius 3 is 1.20 bits per heavy atom. The van der Waals surface area contributed by atoms with Crippen LogP contribution in [-0.2, 0) is 14.3 Å². The van der Waals surface area contributed by atoms with Gasteiger partial charge in [-0.25, -0.2) is 0 Å². The van der Waals surface area contributed by atoms with Crippen LogP contribution in [0.15, 0.2) is 36.5 Å². The highest BCUT2D eigenvalue weighted by molar-refractivity contribution is 5.76. The molecule has 0 aliphatic carbocycles. The number of aliphatic hydroxyl groups is 5. The van der Waals surface area contributed by atoms with Gasteiger partial charge in [0.05, 0.1) is 25.4 Å². The third-order valence-corrected chi connectivity index (χ3v) is 14.4. The van der Waals surface area contributed by atoms with Crippen molar-refractivity contribution >= 4 is 5.91 Å². The number of rotatable bonds is 52. The summed E-state index contributed by atoms with van der Waals surface area (Å²) in [5.41, 5.74) is 0. The Labute approximate surface area is 431 Å². The van der Waals surface area contributed by atoms with E-state index in [9.17, 15) is 30.3 Å². The normalized spacial score (nSPS) is 19.6. The van der Waals surface area contributed by atoms with Gasteiger partial charge in [-0.15, -0.1) is 0 Å². The molecule has 1 rings (SSSR count). The topological polar surface area (TPSA) is 149 Å². The monoisotopic (exact) mass is 990 g/mol. The van der Waals surface area contributed by atoms with E-state index in [2.05, 4.69) is 43.5 Å². The molecule has 1 fully saturated rings. The second kappa shape index (κ2) is 50.9. The molecule has 7 unspecified atom stereocenters. The van der Waals surface area contributed by atoms with Crippen LogP contribution in [0.3, 0.4) is 0 Å². The second-order valence-electron chi connectivity index (χ2n) is 21.1. The number of nitrogens with one attached hydrogen (secondary N) is 1. The van der Waals surface area contributed by atoms with Gasteiger partial charge in [-0.2, -0.15) is 0 Å². The van der Waals surface area contributed by atoms with E-state index in [0.29, 0.717) is 6.42 Å². The highest BCUT2D eigenvalue weighted by Crippen LogP contribution is 2.23. The summed E-state index contributed by atoms with van der Waals surface area (Å²) in [6.07, 6.45) is 59.5. The van der Waals surface area contributed by atoms with Crippen molar-refractivity contribution in [3.05, 3.63) is 36.5 Å². The molecule has 0 aromatic heterocycles. The fourth-order valence-electron chi connectivity index (χ4n) is 9.66. The SMILES string of the molecule is CCCCCCCC/C=C/CC/C=C/CC/C=C/C(O)C(COC1OC(CO)C(O)C(O)C1O)NC(=O)CCCCCCCCCCCCCCCCCCCCCCCCCCCCCCCCC. The number of allylic oxidation sites excluding steroid dienone is 5. The minimum Gasteiger partial charge on any atom is -0.394 e. The third kappa shape index (κ3) is 39.9. The lowest BCUT2D eigenvalue weighted by Gasteiger charge is -2.40. The lowest BCUT2D eigenvalue weighted by atomic mass is 9.99. The number of aliphatic hydroxyl groups excluding tert-OH is 5. The van der Waals surface area contributed by atoms with Crippen molar-refractivity contribution < 1.29 is 39.8 Å². The first-order valence-electron chi connectivity index (χ1n) is 30.2. The summed E-state index contributed by atoms with van der Waals surface area (Å²) in [7, 11) is 0. The zero-order valence-corrected chi connectivity index (χ0v) is 45.8. The van der Waals surface area contributed by atoms with Gasteiger partial charge in [0.15, 0.2) is 6.29 Å². The minimum absolute atomic E-state index is 0.186. The molecule has 0 spiro atoms. The summed E-state index contributed by atoms with van der Waals surface area (Å²) < 4.78 is 11.2. The van der Waals surface area contributed by atoms with Crippen LogP contribution in [0.1, 0.15) is 290 Å². The summed E-state index contributed by atoms with van der Waals surface area (Å²) >= 11 is 0. The third-order valence-electron chi connectivity index (χ3n) is 14.4. The molecular formula is C61H115NO8. The van der Waals surface area contributed by atoms with Gasteiger partial charge in [-0.3, -0.25) is 4.79 Å². The lowest BCUT2D eigenvalue weighted by Crippen LogP contribution is -2.60. The zero-order chi connectivity index (χ0) is 50.8. The van der Waals surface area contributed by atoms with E-state index in [1.807, 2.05) is 6.08 Å². The predicted octanol–water partition coefficient (Wildman–Crippen LogP) is 15.1. The fourth-order valence-corrected chi connectivity index (χ4v) is 9.66. The highest BCUT2D eigenvalue weighted by Gasteiger charge is 2.44. The van der Waals surface area contributed by atoms with Gasteiger partial charge in [0.1, 0.15) is 24.4 Å². The molecule has 70 heavy (non-hydrogen) atoms. The Bertz CT molecular complexity index is 1190. The summed E-state index contributed by atoms with van der Waals surface area (Å²) in [6.45, 7) is 3.77. The van der Waals surface area contributed by atoms with E-state index >= 15 is 0 Å². The van der Waals surface area contributed by atoms with Crippen LogP contribution in [0.4, 0.5) is 0 Å². The van der Waals surface area contributed by atoms with Crippen molar-refractivity contribution in [1.82, 2.24) is 5.32 Å². The summed E-state index contributed by atoms with van der Waals surface area (Å²) in [5.74, 6) is -0.186. The average Bonchev–Trinajstić information content (AvgIpc) is 3.36. The first-order chi connectivity index (χ1) is 34.3. The van der Waals surface area contributed by atoms with Crippen LogP contribution in [0.2, 0.25) is 0 Å². The average molecular weight is 991 g/mol. The van der Waals surface area contributed by atoms with Crippen molar-refractivity contribution in [1.29, 1.82) is 0 Å². The fraction of sp³-hybridized carbons (Fsp3) is 0.885. The maximum atomic E-state index is 13.0. The standard InChI is InChI=1S/C61H115NO8/c1-3-5-7-9-11-13-15-17-19-21-22-23-24-25-26-27-28-29-30-31-32-33-34-35-37-39-41-43-45-47-49-51-57(65)62-54(53-69-61-60(68)59(67)58(66)56(52-63)70-61)55(64)50-48-46-44-42-40-38-36-20-18-16-14-12-10-8-6-4-2/h18,20,40,42,48,50,54-56,58-61,63-64,66-68H,3-17,19,21-39,41,43-47,49,51-53H2,1-2H3,(H,62,65)/b20-18+,42-40+,50-48+. The summed E-state index contributed by atoms with van der Waals surface area (Å²) in [4.78, 5) is 13.0. The Morgan fingerprint density at radius 1 is 0.471 bits per heavy atom. The molecule has 1 saturated heterocycles. The molecule has 0 radical (unpaired) electrons. The summed E-state index contributed by atoms with van der Waals surface area (Å²) in [5, 5.41) is 54.4. The Morgan fingerprint density at radius 2 is 0.814 bits per heavy atom. The highest BCUT2D eigenvalue weighted by atomic mass is 16.7. The Hall–Kier alpha value is -1.59. The number of amides is 1. The van der Waals surface area contributed by atoms with E-state index in [1.165, 1.54) is 218 Å². The van der Waals surface area contributed by atoms with Crippen LogP contribution in [-0.4, -0.2) is 87.5 Å². The predicted molar refractivity (Wildman–Crippen MR) is 295 cm³/mol. The van der Waals surface area contributed by atoms with Gasteiger partial charge in [0.2, 0.25) is 5.91 Å². The van der Waals surface area contributed by atoms with Crippen molar-refractivity contribution in [2.24, 2.45) is 0 Å². The van der Waals surface area contributed by atoms with Crippen molar-refractivity contribution in [2.75, 3.05) is 13.2 Å².